The first-order chi connectivity index (χ1) is 6.58. The Hall–Kier alpha value is -0.830. The first kappa shape index (κ1) is 13.2. The second-order valence-corrected chi connectivity index (χ2v) is 3.20. The summed E-state index contributed by atoms with van der Waals surface area (Å²) in [6.45, 7) is 7.78. The number of rotatable bonds is 5. The van der Waals surface area contributed by atoms with Crippen molar-refractivity contribution < 1.29 is 14.6 Å². The van der Waals surface area contributed by atoms with E-state index in [0.717, 1.165) is 12.0 Å². The Morgan fingerprint density at radius 2 is 2.07 bits per heavy atom. The highest BCUT2D eigenvalue weighted by atomic mass is 16.5. The molecule has 0 saturated carbocycles. The van der Waals surface area contributed by atoms with Gasteiger partial charge in [0.25, 0.3) is 0 Å². The van der Waals surface area contributed by atoms with Crippen LogP contribution in [0.5, 0.6) is 0 Å². The Labute approximate surface area is 85.8 Å². The van der Waals surface area contributed by atoms with Crippen LogP contribution in [0.3, 0.4) is 0 Å². The van der Waals surface area contributed by atoms with Gasteiger partial charge in [0.05, 0.1) is 6.61 Å². The van der Waals surface area contributed by atoms with E-state index < -0.39 is 12.1 Å². The van der Waals surface area contributed by atoms with Crippen molar-refractivity contribution in [3.8, 4) is 0 Å². The molecule has 0 amide bonds. The Bertz CT molecular complexity index is 209. The zero-order valence-electron chi connectivity index (χ0n) is 9.41. The van der Waals surface area contributed by atoms with Crippen LogP contribution in [0.1, 0.15) is 34.1 Å². The lowest BCUT2D eigenvalue weighted by Crippen LogP contribution is -2.30. The van der Waals surface area contributed by atoms with Crippen molar-refractivity contribution in [1.82, 2.24) is 0 Å². The molecule has 3 heteroatoms. The third-order valence-electron chi connectivity index (χ3n) is 2.37. The third kappa shape index (κ3) is 3.50. The average Bonchev–Trinajstić information content (AvgIpc) is 2.18. The maximum Gasteiger partial charge on any atom is 0.335 e. The van der Waals surface area contributed by atoms with Crippen molar-refractivity contribution in [2.75, 3.05) is 6.61 Å². The summed E-state index contributed by atoms with van der Waals surface area (Å²) in [5.41, 5.74) is 1.07. The van der Waals surface area contributed by atoms with Crippen LogP contribution >= 0.6 is 0 Å². The molecule has 3 nitrogen and oxygen atoms in total. The van der Waals surface area contributed by atoms with Gasteiger partial charge in [-0.3, -0.25) is 0 Å². The fraction of sp³-hybridized carbons (Fsp3) is 0.727. The Kier molecular flexibility index (Phi) is 6.21. The van der Waals surface area contributed by atoms with Crippen LogP contribution in [-0.2, 0) is 9.53 Å². The Morgan fingerprint density at radius 3 is 2.43 bits per heavy atom. The van der Waals surface area contributed by atoms with Crippen molar-refractivity contribution >= 4 is 5.97 Å². The average molecular weight is 200 g/mol. The van der Waals surface area contributed by atoms with Gasteiger partial charge in [-0.2, -0.15) is 0 Å². The van der Waals surface area contributed by atoms with Crippen molar-refractivity contribution in [1.29, 1.82) is 0 Å². The molecule has 82 valence electrons. The highest BCUT2D eigenvalue weighted by Crippen LogP contribution is 2.18. The minimum absolute atomic E-state index is 0.163. The lowest BCUT2D eigenvalue weighted by atomic mass is 9.93. The molecule has 0 aliphatic rings. The predicted molar refractivity (Wildman–Crippen MR) is 55.9 cm³/mol. The molecule has 0 heterocycles. The molecule has 0 bridgehead atoms. The van der Waals surface area contributed by atoms with Gasteiger partial charge in [-0.15, -0.1) is 0 Å². The fourth-order valence-corrected chi connectivity index (χ4v) is 1.42. The summed E-state index contributed by atoms with van der Waals surface area (Å²) >= 11 is 0. The molecule has 0 aliphatic carbocycles. The highest BCUT2D eigenvalue weighted by molar-refractivity contribution is 5.75. The number of hydrogen-bond acceptors (Lipinski definition) is 3. The Morgan fingerprint density at radius 1 is 1.50 bits per heavy atom. The van der Waals surface area contributed by atoms with Gasteiger partial charge in [0.15, 0.2) is 6.10 Å². The maximum atomic E-state index is 11.2. The molecule has 0 spiro atoms. The van der Waals surface area contributed by atoms with Crippen LogP contribution in [0.4, 0.5) is 0 Å². The number of carbonyl (C=O) groups is 1. The lowest BCUT2D eigenvalue weighted by molar-refractivity contribution is -0.154. The summed E-state index contributed by atoms with van der Waals surface area (Å²) < 4.78 is 4.75. The van der Waals surface area contributed by atoms with Crippen LogP contribution in [0.15, 0.2) is 11.6 Å². The van der Waals surface area contributed by atoms with Gasteiger partial charge >= 0.3 is 5.97 Å². The number of carbonyl (C=O) groups excluding carboxylic acids is 1. The van der Waals surface area contributed by atoms with E-state index in [1.165, 1.54) is 0 Å². The number of ether oxygens (including phenoxy) is 1. The first-order valence-corrected chi connectivity index (χ1v) is 5.08. The maximum absolute atomic E-state index is 11.2. The molecule has 2 atom stereocenters. The van der Waals surface area contributed by atoms with Crippen LogP contribution in [0.2, 0.25) is 0 Å². The topological polar surface area (TPSA) is 46.5 Å². The summed E-state index contributed by atoms with van der Waals surface area (Å²) in [6, 6.07) is 0. The van der Waals surface area contributed by atoms with Gasteiger partial charge in [-0.1, -0.05) is 25.5 Å². The molecule has 0 fully saturated rings. The number of aliphatic hydroxyl groups excluding tert-OH is 1. The zero-order valence-corrected chi connectivity index (χ0v) is 9.41. The second kappa shape index (κ2) is 6.60. The molecule has 0 aliphatic heterocycles. The summed E-state index contributed by atoms with van der Waals surface area (Å²) in [7, 11) is 0. The fourth-order valence-electron chi connectivity index (χ4n) is 1.42. The lowest BCUT2D eigenvalue weighted by Gasteiger charge is -2.19. The van der Waals surface area contributed by atoms with Gasteiger partial charge in [-0.05, 0) is 20.3 Å². The first-order valence-electron chi connectivity index (χ1n) is 5.08. The quantitative estimate of drug-likeness (QED) is 0.544. The molecule has 0 aromatic carbocycles. The zero-order chi connectivity index (χ0) is 11.1. The van der Waals surface area contributed by atoms with Crippen LogP contribution < -0.4 is 0 Å². The molecule has 0 aromatic rings. The molecular formula is C11H20O3. The molecule has 0 rings (SSSR count). The molecule has 0 aromatic heterocycles. The van der Waals surface area contributed by atoms with Crippen molar-refractivity contribution in [2.24, 2.45) is 5.92 Å². The van der Waals surface area contributed by atoms with Gasteiger partial charge in [0.2, 0.25) is 0 Å². The molecule has 1 N–H and O–H groups in total. The monoisotopic (exact) mass is 200 g/mol. The summed E-state index contributed by atoms with van der Waals surface area (Å²) in [5, 5.41) is 9.63. The number of hydrogen-bond donors (Lipinski definition) is 1. The predicted octanol–water partition coefficient (Wildman–Crippen LogP) is 1.90. The van der Waals surface area contributed by atoms with Gasteiger partial charge in [0.1, 0.15) is 0 Å². The van der Waals surface area contributed by atoms with Crippen LogP contribution in [-0.4, -0.2) is 23.8 Å². The number of aliphatic hydroxyl groups is 1. The molecule has 0 saturated heterocycles. The normalized spacial score (nSPS) is 16.2. The standard InChI is InChI=1S/C11H20O3/c1-5-9(6-2)8(4)10(12)11(13)14-7-3/h5,8,10,12H,6-7H2,1-4H3/b9-5+/t8-,10-/m1/s1. The SMILES string of the molecule is C/C=C(\CC)[C@@H](C)[C@@H](O)C(=O)OCC. The van der Waals surface area contributed by atoms with E-state index in [1.807, 2.05) is 26.8 Å². The molecule has 0 unspecified atom stereocenters. The third-order valence-corrected chi connectivity index (χ3v) is 2.37. The Balaban J connectivity index is 4.37. The van der Waals surface area contributed by atoms with E-state index in [0.29, 0.717) is 6.61 Å². The highest BCUT2D eigenvalue weighted by Gasteiger charge is 2.25. The molecule has 14 heavy (non-hydrogen) atoms. The number of esters is 1. The van der Waals surface area contributed by atoms with Crippen molar-refractivity contribution in [2.45, 2.75) is 40.2 Å². The van der Waals surface area contributed by atoms with Gasteiger partial charge < -0.3 is 9.84 Å². The van der Waals surface area contributed by atoms with E-state index in [-0.39, 0.29) is 5.92 Å². The van der Waals surface area contributed by atoms with Gasteiger partial charge in [0, 0.05) is 5.92 Å². The van der Waals surface area contributed by atoms with Crippen LogP contribution in [0.25, 0.3) is 0 Å². The minimum atomic E-state index is -1.04. The van der Waals surface area contributed by atoms with Crippen molar-refractivity contribution in [3.05, 3.63) is 11.6 Å². The van der Waals surface area contributed by atoms with Crippen LogP contribution in [0, 0.1) is 5.92 Å². The minimum Gasteiger partial charge on any atom is -0.464 e. The van der Waals surface area contributed by atoms with E-state index >= 15 is 0 Å². The molecular weight excluding hydrogens is 180 g/mol. The molecule has 0 radical (unpaired) electrons. The van der Waals surface area contributed by atoms with E-state index in [4.69, 9.17) is 4.74 Å². The van der Waals surface area contributed by atoms with E-state index in [2.05, 4.69) is 0 Å². The number of allylic oxidation sites excluding steroid dienone is 1. The van der Waals surface area contributed by atoms with E-state index in [9.17, 15) is 9.90 Å². The smallest absolute Gasteiger partial charge is 0.335 e. The summed E-state index contributed by atoms with van der Waals surface area (Å²) in [5.74, 6) is -0.697. The van der Waals surface area contributed by atoms with Crippen molar-refractivity contribution in [3.63, 3.8) is 0 Å². The van der Waals surface area contributed by atoms with E-state index in [1.54, 1.807) is 6.92 Å². The largest absolute Gasteiger partial charge is 0.464 e. The summed E-state index contributed by atoms with van der Waals surface area (Å²) in [6.07, 6.45) is 1.74. The summed E-state index contributed by atoms with van der Waals surface area (Å²) in [4.78, 5) is 11.2. The van der Waals surface area contributed by atoms with Gasteiger partial charge in [-0.25, -0.2) is 4.79 Å². The second-order valence-electron chi connectivity index (χ2n) is 3.20.